The van der Waals surface area contributed by atoms with E-state index in [-0.39, 0.29) is 30.8 Å². The Kier molecular flexibility index (Phi) is 10.8. The molecule has 0 bridgehead atoms. The van der Waals surface area contributed by atoms with Gasteiger partial charge >= 0.3 is 11.9 Å². The average molecular weight is 728 g/mol. The van der Waals surface area contributed by atoms with Crippen LogP contribution in [0.15, 0.2) is 82.4 Å². The zero-order valence-electron chi connectivity index (χ0n) is 27.7. The molecule has 1 amide bonds. The van der Waals surface area contributed by atoms with Crippen molar-refractivity contribution in [3.8, 4) is 0 Å². The number of hydrogen-bond acceptors (Lipinski definition) is 6. The topological polar surface area (TPSA) is 112 Å². The van der Waals surface area contributed by atoms with E-state index in [1.54, 1.807) is 18.2 Å². The van der Waals surface area contributed by atoms with Crippen LogP contribution in [0.2, 0.25) is 5.02 Å². The Morgan fingerprint density at radius 1 is 0.980 bits per heavy atom. The predicted octanol–water partition coefficient (Wildman–Crippen LogP) is 5.49. The summed E-state index contributed by atoms with van der Waals surface area (Å²) in [5.41, 5.74) is 2.92. The highest BCUT2D eigenvalue weighted by Gasteiger charge is 2.47. The van der Waals surface area contributed by atoms with Gasteiger partial charge in [-0.05, 0) is 61.2 Å². The minimum absolute atomic E-state index is 0.123. The number of halogens is 5. The van der Waals surface area contributed by atoms with Crippen LogP contribution >= 0.6 is 11.6 Å². The molecular weight excluding hydrogens is 690 g/mol. The number of rotatable bonds is 12. The summed E-state index contributed by atoms with van der Waals surface area (Å²) in [6.45, 7) is 0.862. The first kappa shape index (κ1) is 36.5. The van der Waals surface area contributed by atoms with Gasteiger partial charge in [0, 0.05) is 36.6 Å². The maximum atomic E-state index is 15.2. The van der Waals surface area contributed by atoms with Crippen LogP contribution in [0.3, 0.4) is 0 Å². The quantitative estimate of drug-likeness (QED) is 0.148. The number of fused-ring (bicyclic) bond motifs is 2. The minimum atomic E-state index is -4.89. The highest BCUT2D eigenvalue weighted by atomic mass is 35.5. The molecule has 3 N–H and O–H groups in total. The first-order chi connectivity index (χ1) is 24.4. The van der Waals surface area contributed by atoms with E-state index in [1.165, 1.54) is 0 Å². The van der Waals surface area contributed by atoms with E-state index in [1.807, 2.05) is 36.4 Å². The molecule has 3 heterocycles. The molecular formula is C37H38ClF4N5O4. The molecule has 1 saturated heterocycles. The largest absolute Gasteiger partial charge is 0.416 e. The molecule has 9 nitrogen and oxygen atoms in total. The van der Waals surface area contributed by atoms with E-state index in [9.17, 15) is 27.6 Å². The molecule has 4 aromatic rings. The number of carbonyl (C=O) groups excluding carboxylic acids is 1. The molecule has 1 atom stereocenters. The molecule has 2 aliphatic rings. The van der Waals surface area contributed by atoms with Gasteiger partial charge in [-0.1, -0.05) is 60.1 Å². The van der Waals surface area contributed by atoms with Gasteiger partial charge in [0.1, 0.15) is 11.4 Å². The summed E-state index contributed by atoms with van der Waals surface area (Å²) in [7, 11) is 0. The number of piperidine rings is 1. The molecule has 3 aromatic carbocycles. The number of carbonyl (C=O) groups is 1. The standard InChI is InChI=1S/C37H38ClF4N5O4/c38-26-10-4-7-24(19-26)20-45-17-14-36(15-18-45)33-31(23-51-36)46(21-27-28(37(40,41)42)11-5-12-29(27)39)35(50)47(34(33)49)22-30(25-8-2-1-3-9-25)44-16-6-13-32(43)48/h1-5,7-12,19,30,44H,6,13-18,20-23H2,(H2,43,48)/t30-/m1/s1. The van der Waals surface area contributed by atoms with Crippen LogP contribution in [0.5, 0.6) is 0 Å². The lowest BCUT2D eigenvalue weighted by molar-refractivity contribution is -0.138. The molecule has 270 valence electrons. The summed E-state index contributed by atoms with van der Waals surface area (Å²) in [5.74, 6) is -1.59. The van der Waals surface area contributed by atoms with Gasteiger partial charge in [0.15, 0.2) is 0 Å². The van der Waals surface area contributed by atoms with Gasteiger partial charge in [-0.15, -0.1) is 0 Å². The van der Waals surface area contributed by atoms with Gasteiger partial charge in [-0.25, -0.2) is 9.18 Å². The van der Waals surface area contributed by atoms with Crippen LogP contribution in [-0.2, 0) is 47.5 Å². The van der Waals surface area contributed by atoms with Crippen molar-refractivity contribution in [3.63, 3.8) is 0 Å². The van der Waals surface area contributed by atoms with Crippen molar-refractivity contribution in [2.45, 2.75) is 69.7 Å². The van der Waals surface area contributed by atoms with Gasteiger partial charge in [0.05, 0.1) is 42.6 Å². The highest BCUT2D eigenvalue weighted by Crippen LogP contribution is 2.43. The van der Waals surface area contributed by atoms with Crippen LogP contribution in [0.4, 0.5) is 17.6 Å². The van der Waals surface area contributed by atoms with Crippen molar-refractivity contribution >= 4 is 17.5 Å². The summed E-state index contributed by atoms with van der Waals surface area (Å²) >= 11 is 6.19. The van der Waals surface area contributed by atoms with Crippen LogP contribution < -0.4 is 22.3 Å². The number of primary amides is 1. The van der Waals surface area contributed by atoms with Crippen molar-refractivity contribution in [1.82, 2.24) is 19.4 Å². The number of likely N-dealkylation sites (tertiary alicyclic amines) is 1. The van der Waals surface area contributed by atoms with E-state index < -0.39 is 58.5 Å². The molecule has 6 rings (SSSR count). The summed E-state index contributed by atoms with van der Waals surface area (Å²) < 4.78 is 66.0. The van der Waals surface area contributed by atoms with E-state index in [2.05, 4.69) is 10.2 Å². The summed E-state index contributed by atoms with van der Waals surface area (Å²) in [6.07, 6.45) is -3.60. The third-order valence-corrected chi connectivity index (χ3v) is 9.97. The maximum absolute atomic E-state index is 15.2. The molecule has 1 aromatic heterocycles. The Balaban J connectivity index is 1.42. The first-order valence-corrected chi connectivity index (χ1v) is 17.1. The molecule has 0 aliphatic carbocycles. The number of nitrogens with zero attached hydrogens (tertiary/aromatic N) is 3. The molecule has 0 saturated carbocycles. The van der Waals surface area contributed by atoms with Crippen LogP contribution in [0, 0.1) is 5.82 Å². The second kappa shape index (κ2) is 15.1. The van der Waals surface area contributed by atoms with Crippen molar-refractivity contribution in [2.75, 3.05) is 19.6 Å². The van der Waals surface area contributed by atoms with E-state index >= 15 is 4.39 Å². The maximum Gasteiger partial charge on any atom is 0.416 e. The predicted molar refractivity (Wildman–Crippen MR) is 184 cm³/mol. The number of aromatic nitrogens is 2. The lowest BCUT2D eigenvalue weighted by atomic mass is 9.85. The van der Waals surface area contributed by atoms with E-state index in [0.717, 1.165) is 38.5 Å². The third kappa shape index (κ3) is 7.96. The van der Waals surface area contributed by atoms with Crippen LogP contribution in [0.25, 0.3) is 0 Å². The molecule has 14 heteroatoms. The Labute approximate surface area is 296 Å². The Morgan fingerprint density at radius 2 is 1.71 bits per heavy atom. The Hall–Kier alpha value is -4.30. The summed E-state index contributed by atoms with van der Waals surface area (Å²) in [4.78, 5) is 42.4. The SMILES string of the molecule is NC(=O)CCCN[C@H](Cn1c(=O)c2c(n(Cc3c(F)cccc3C(F)(F)F)c1=O)COC21CCN(Cc2cccc(Cl)c2)CC1)c1ccccc1. The lowest BCUT2D eigenvalue weighted by Crippen LogP contribution is -2.50. The highest BCUT2D eigenvalue weighted by molar-refractivity contribution is 6.30. The normalized spacial score (nSPS) is 16.3. The van der Waals surface area contributed by atoms with Crippen LogP contribution in [-0.4, -0.2) is 39.6 Å². The fraction of sp³-hybridized carbons (Fsp3) is 0.378. The van der Waals surface area contributed by atoms with E-state index in [0.29, 0.717) is 50.5 Å². The summed E-state index contributed by atoms with van der Waals surface area (Å²) in [6, 6.07) is 18.6. The van der Waals surface area contributed by atoms with Crippen molar-refractivity contribution < 1.29 is 27.1 Å². The van der Waals surface area contributed by atoms with Gasteiger partial charge in [-0.3, -0.25) is 23.6 Å². The zero-order chi connectivity index (χ0) is 36.3. The molecule has 2 aliphatic heterocycles. The average Bonchev–Trinajstić information content (AvgIpc) is 3.46. The first-order valence-electron chi connectivity index (χ1n) is 16.8. The third-order valence-electron chi connectivity index (χ3n) is 9.73. The molecule has 0 unspecified atom stereocenters. The fourth-order valence-electron chi connectivity index (χ4n) is 7.15. The lowest BCUT2D eigenvalue weighted by Gasteiger charge is -2.39. The van der Waals surface area contributed by atoms with Crippen molar-refractivity contribution in [1.29, 1.82) is 0 Å². The van der Waals surface area contributed by atoms with Crippen LogP contribution in [0.1, 0.15) is 65.2 Å². The monoisotopic (exact) mass is 727 g/mol. The number of alkyl halides is 3. The molecule has 1 fully saturated rings. The summed E-state index contributed by atoms with van der Waals surface area (Å²) in [5, 5.41) is 3.92. The zero-order valence-corrected chi connectivity index (χ0v) is 28.5. The van der Waals surface area contributed by atoms with Gasteiger partial charge in [0.25, 0.3) is 5.56 Å². The molecule has 0 radical (unpaired) electrons. The number of nitrogens with two attached hydrogens (primary N) is 1. The second-order valence-corrected chi connectivity index (χ2v) is 13.5. The number of ether oxygens (including phenoxy) is 1. The second-order valence-electron chi connectivity index (χ2n) is 13.0. The van der Waals surface area contributed by atoms with Gasteiger partial charge in [0.2, 0.25) is 5.91 Å². The number of hydrogen-bond donors (Lipinski definition) is 2. The van der Waals surface area contributed by atoms with Gasteiger partial charge in [-0.2, -0.15) is 13.2 Å². The minimum Gasteiger partial charge on any atom is -0.370 e. The number of nitrogens with one attached hydrogen (secondary N) is 1. The Morgan fingerprint density at radius 3 is 2.39 bits per heavy atom. The Bertz CT molecular complexity index is 2010. The van der Waals surface area contributed by atoms with E-state index in [4.69, 9.17) is 22.1 Å². The van der Waals surface area contributed by atoms with Crippen molar-refractivity contribution in [3.05, 3.63) is 138 Å². The molecule has 1 spiro atoms. The molecule has 51 heavy (non-hydrogen) atoms. The number of amides is 1. The van der Waals surface area contributed by atoms with Gasteiger partial charge < -0.3 is 15.8 Å². The number of benzene rings is 3. The smallest absolute Gasteiger partial charge is 0.370 e. The fourth-order valence-corrected chi connectivity index (χ4v) is 7.36. The van der Waals surface area contributed by atoms with Crippen molar-refractivity contribution in [2.24, 2.45) is 5.73 Å².